The highest BCUT2D eigenvalue weighted by Crippen LogP contribution is 2.29. The van der Waals surface area contributed by atoms with Crippen LogP contribution in [-0.2, 0) is 4.79 Å². The summed E-state index contributed by atoms with van der Waals surface area (Å²) in [5.41, 5.74) is 0.200. The van der Waals surface area contributed by atoms with Gasteiger partial charge in [-0.05, 0) is 36.5 Å². The van der Waals surface area contributed by atoms with Crippen LogP contribution in [-0.4, -0.2) is 17.8 Å². The molecule has 1 saturated carbocycles. The molecule has 17 heavy (non-hydrogen) atoms. The third kappa shape index (κ3) is 5.29. The molecule has 1 rings (SSSR count). The average Bonchev–Trinajstić information content (AvgIpc) is 2.60. The second-order valence-electron chi connectivity index (χ2n) is 6.55. The Morgan fingerprint density at radius 2 is 2.06 bits per heavy atom. The average molecular weight is 260 g/mol. The zero-order valence-electron chi connectivity index (χ0n) is 11.6. The van der Waals surface area contributed by atoms with E-state index in [-0.39, 0.29) is 11.3 Å². The van der Waals surface area contributed by atoms with Gasteiger partial charge in [0.25, 0.3) is 0 Å². The minimum atomic E-state index is 0.186. The molecule has 2 nitrogen and oxygen atoms in total. The number of alkyl halides is 1. The smallest absolute Gasteiger partial charge is 0.220 e. The predicted octanol–water partition coefficient (Wildman–Crippen LogP) is 3.58. The summed E-state index contributed by atoms with van der Waals surface area (Å²) in [6.45, 7) is 9.49. The fourth-order valence-electron chi connectivity index (χ4n) is 2.11. The van der Waals surface area contributed by atoms with Crippen molar-refractivity contribution in [3.05, 3.63) is 0 Å². The minimum absolute atomic E-state index is 0.186. The van der Waals surface area contributed by atoms with Crippen LogP contribution < -0.4 is 5.32 Å². The van der Waals surface area contributed by atoms with E-state index in [1.807, 2.05) is 0 Å². The van der Waals surface area contributed by atoms with E-state index in [1.54, 1.807) is 0 Å². The highest BCUT2D eigenvalue weighted by Gasteiger charge is 2.25. The van der Waals surface area contributed by atoms with Gasteiger partial charge in [-0.1, -0.05) is 27.7 Å². The minimum Gasteiger partial charge on any atom is -0.356 e. The first kappa shape index (κ1) is 14.8. The van der Waals surface area contributed by atoms with Crippen LogP contribution in [0.4, 0.5) is 0 Å². The molecule has 1 aliphatic rings. The van der Waals surface area contributed by atoms with Gasteiger partial charge in [-0.25, -0.2) is 0 Å². The molecule has 0 aromatic heterocycles. The van der Waals surface area contributed by atoms with Crippen LogP contribution in [0.2, 0.25) is 0 Å². The van der Waals surface area contributed by atoms with Crippen molar-refractivity contribution in [2.24, 2.45) is 17.3 Å². The molecule has 1 N–H and O–H groups in total. The Morgan fingerprint density at radius 3 is 2.53 bits per heavy atom. The predicted molar refractivity (Wildman–Crippen MR) is 73.2 cm³/mol. The van der Waals surface area contributed by atoms with E-state index in [0.717, 1.165) is 25.8 Å². The lowest BCUT2D eigenvalue weighted by Gasteiger charge is -2.26. The molecule has 0 radical (unpaired) electrons. The molecule has 3 atom stereocenters. The SMILES string of the molecule is CC(CC(=O)NCC1CCC(Cl)C1)C(C)(C)C. The van der Waals surface area contributed by atoms with Crippen LogP contribution in [0.3, 0.4) is 0 Å². The number of nitrogens with one attached hydrogen (secondary N) is 1. The maximum Gasteiger partial charge on any atom is 0.220 e. The van der Waals surface area contributed by atoms with E-state index in [1.165, 1.54) is 0 Å². The van der Waals surface area contributed by atoms with Gasteiger partial charge in [0.05, 0.1) is 0 Å². The third-order valence-electron chi connectivity index (χ3n) is 4.04. The van der Waals surface area contributed by atoms with Gasteiger partial charge in [-0.15, -0.1) is 11.6 Å². The number of halogens is 1. The number of hydrogen-bond donors (Lipinski definition) is 1. The monoisotopic (exact) mass is 259 g/mol. The van der Waals surface area contributed by atoms with Crippen molar-refractivity contribution in [2.45, 2.75) is 58.8 Å². The number of carbonyl (C=O) groups is 1. The van der Waals surface area contributed by atoms with Crippen LogP contribution in [0.5, 0.6) is 0 Å². The van der Waals surface area contributed by atoms with Crippen molar-refractivity contribution in [3.8, 4) is 0 Å². The lowest BCUT2D eigenvalue weighted by molar-refractivity contribution is -0.122. The second kappa shape index (κ2) is 6.08. The molecule has 0 aromatic carbocycles. The Balaban J connectivity index is 2.21. The van der Waals surface area contributed by atoms with Crippen molar-refractivity contribution in [1.82, 2.24) is 5.32 Å². The summed E-state index contributed by atoms with van der Waals surface area (Å²) in [7, 11) is 0. The van der Waals surface area contributed by atoms with Gasteiger partial charge in [-0.2, -0.15) is 0 Å². The molecule has 0 aromatic rings. The van der Waals surface area contributed by atoms with Gasteiger partial charge in [0, 0.05) is 18.3 Å². The van der Waals surface area contributed by atoms with Gasteiger partial charge in [0.1, 0.15) is 0 Å². The van der Waals surface area contributed by atoms with Crippen LogP contribution in [0.1, 0.15) is 53.4 Å². The molecule has 0 bridgehead atoms. The van der Waals surface area contributed by atoms with Gasteiger partial charge >= 0.3 is 0 Å². The van der Waals surface area contributed by atoms with Crippen molar-refractivity contribution >= 4 is 17.5 Å². The molecular formula is C14H26ClNO. The van der Waals surface area contributed by atoms with E-state index in [4.69, 9.17) is 11.6 Å². The maximum atomic E-state index is 11.8. The number of carbonyl (C=O) groups excluding carboxylic acids is 1. The van der Waals surface area contributed by atoms with Crippen LogP contribution in [0.25, 0.3) is 0 Å². The van der Waals surface area contributed by atoms with Gasteiger partial charge in [-0.3, -0.25) is 4.79 Å². The fraction of sp³-hybridized carbons (Fsp3) is 0.929. The molecule has 0 spiro atoms. The van der Waals surface area contributed by atoms with Crippen LogP contribution >= 0.6 is 11.6 Å². The quantitative estimate of drug-likeness (QED) is 0.769. The Bertz CT molecular complexity index is 259. The molecule has 0 saturated heterocycles. The van der Waals surface area contributed by atoms with Gasteiger partial charge in [0.15, 0.2) is 0 Å². The summed E-state index contributed by atoms with van der Waals surface area (Å²) in [4.78, 5) is 11.8. The summed E-state index contributed by atoms with van der Waals surface area (Å²) < 4.78 is 0. The number of amides is 1. The molecule has 100 valence electrons. The molecule has 3 heteroatoms. The van der Waals surface area contributed by atoms with E-state index in [9.17, 15) is 4.79 Å². The van der Waals surface area contributed by atoms with E-state index < -0.39 is 0 Å². The molecule has 3 unspecified atom stereocenters. The maximum absolute atomic E-state index is 11.8. The van der Waals surface area contributed by atoms with Crippen molar-refractivity contribution in [2.75, 3.05) is 6.54 Å². The zero-order chi connectivity index (χ0) is 13.1. The van der Waals surface area contributed by atoms with E-state index >= 15 is 0 Å². The summed E-state index contributed by atoms with van der Waals surface area (Å²) in [5.74, 6) is 1.18. The Hall–Kier alpha value is -0.240. The Kier molecular flexibility index (Phi) is 5.30. The highest BCUT2D eigenvalue weighted by molar-refractivity contribution is 6.20. The summed E-state index contributed by atoms with van der Waals surface area (Å²) in [6.07, 6.45) is 3.93. The number of rotatable bonds is 4. The van der Waals surface area contributed by atoms with Crippen LogP contribution in [0, 0.1) is 17.3 Å². The lowest BCUT2D eigenvalue weighted by Crippen LogP contribution is -2.32. The zero-order valence-corrected chi connectivity index (χ0v) is 12.3. The molecule has 1 aliphatic carbocycles. The Labute approximate surface area is 110 Å². The largest absolute Gasteiger partial charge is 0.356 e. The first-order chi connectivity index (χ1) is 7.79. The normalized spacial score (nSPS) is 26.9. The second-order valence-corrected chi connectivity index (χ2v) is 7.17. The standard InChI is InChI=1S/C14H26ClNO/c1-10(14(2,3)4)7-13(17)16-9-11-5-6-12(15)8-11/h10-12H,5-9H2,1-4H3,(H,16,17). The van der Waals surface area contributed by atoms with Crippen molar-refractivity contribution in [3.63, 3.8) is 0 Å². The van der Waals surface area contributed by atoms with E-state index in [2.05, 4.69) is 33.0 Å². The highest BCUT2D eigenvalue weighted by atomic mass is 35.5. The fourth-order valence-corrected chi connectivity index (χ4v) is 2.49. The molecule has 1 fully saturated rings. The molecule has 0 aliphatic heterocycles. The number of hydrogen-bond acceptors (Lipinski definition) is 1. The van der Waals surface area contributed by atoms with Crippen molar-refractivity contribution < 1.29 is 4.79 Å². The topological polar surface area (TPSA) is 29.1 Å². The summed E-state index contributed by atoms with van der Waals surface area (Å²) in [6, 6.07) is 0. The summed E-state index contributed by atoms with van der Waals surface area (Å²) in [5, 5.41) is 3.38. The molecule has 0 heterocycles. The first-order valence-corrected chi connectivity index (χ1v) is 7.13. The van der Waals surface area contributed by atoms with E-state index in [0.29, 0.717) is 23.6 Å². The van der Waals surface area contributed by atoms with Crippen LogP contribution in [0.15, 0.2) is 0 Å². The summed E-state index contributed by atoms with van der Waals surface area (Å²) >= 11 is 6.05. The molecule has 1 amide bonds. The van der Waals surface area contributed by atoms with Gasteiger partial charge in [0.2, 0.25) is 5.91 Å². The van der Waals surface area contributed by atoms with Crippen molar-refractivity contribution in [1.29, 1.82) is 0 Å². The third-order valence-corrected chi connectivity index (χ3v) is 4.43. The first-order valence-electron chi connectivity index (χ1n) is 6.69. The molecular weight excluding hydrogens is 234 g/mol. The Morgan fingerprint density at radius 1 is 1.41 bits per heavy atom. The van der Waals surface area contributed by atoms with Gasteiger partial charge < -0.3 is 5.32 Å². The lowest BCUT2D eigenvalue weighted by atomic mass is 9.80.